The first-order valence-electron chi connectivity index (χ1n) is 8.35. The van der Waals surface area contributed by atoms with Gasteiger partial charge in [0.05, 0.1) is 15.5 Å². The first-order valence-corrected chi connectivity index (χ1v) is 10.8. The van der Waals surface area contributed by atoms with Gasteiger partial charge in [0.2, 0.25) is 0 Å². The van der Waals surface area contributed by atoms with Crippen molar-refractivity contribution in [3.63, 3.8) is 0 Å². The molecule has 2 heterocycles. The molecule has 0 aliphatic carbocycles. The minimum Gasteiger partial charge on any atom is -0.386 e. The zero-order valence-corrected chi connectivity index (χ0v) is 17.2. The summed E-state index contributed by atoms with van der Waals surface area (Å²) in [6.07, 6.45) is 1.65. The van der Waals surface area contributed by atoms with Crippen LogP contribution in [0.15, 0.2) is 30.5 Å². The smallest absolute Gasteiger partial charge is 0.166 e. The maximum atomic E-state index is 14.3. The van der Waals surface area contributed by atoms with Gasteiger partial charge < -0.3 is 11.1 Å². The average Bonchev–Trinajstić information content (AvgIpc) is 2.98. The Kier molecular flexibility index (Phi) is 5.11. The number of hydrogen-bond donors (Lipinski definition) is 3. The van der Waals surface area contributed by atoms with E-state index in [1.165, 1.54) is 43.4 Å². The van der Waals surface area contributed by atoms with Gasteiger partial charge in [0.25, 0.3) is 0 Å². The van der Waals surface area contributed by atoms with E-state index in [4.69, 9.17) is 11.1 Å². The lowest BCUT2D eigenvalue weighted by Gasteiger charge is -2.23. The fraction of sp³-hybridized carbons (Fsp3) is 0.278. The van der Waals surface area contributed by atoms with E-state index in [-0.39, 0.29) is 5.56 Å². The van der Waals surface area contributed by atoms with Crippen molar-refractivity contribution < 1.29 is 12.8 Å². The summed E-state index contributed by atoms with van der Waals surface area (Å²) < 4.78 is 38.9. The predicted octanol–water partition coefficient (Wildman–Crippen LogP) is 3.51. The highest BCUT2D eigenvalue weighted by atomic mass is 32.2. The quantitative estimate of drug-likeness (QED) is 0.414. The number of halogens is 1. The monoisotopic (exact) mass is 421 g/mol. The molecule has 3 aromatic rings. The van der Waals surface area contributed by atoms with E-state index in [2.05, 4.69) is 15.3 Å². The zero-order valence-electron chi connectivity index (χ0n) is 15.6. The number of anilines is 2. The van der Waals surface area contributed by atoms with Crippen molar-refractivity contribution in [1.82, 2.24) is 9.97 Å². The van der Waals surface area contributed by atoms with Crippen LogP contribution in [0.25, 0.3) is 10.2 Å². The van der Waals surface area contributed by atoms with Gasteiger partial charge in [-0.1, -0.05) is 0 Å². The second-order valence-electron chi connectivity index (χ2n) is 6.85. The van der Waals surface area contributed by atoms with E-state index in [1.54, 1.807) is 6.20 Å². The highest BCUT2D eigenvalue weighted by molar-refractivity contribution is 7.92. The van der Waals surface area contributed by atoms with E-state index in [1.807, 2.05) is 13.0 Å². The summed E-state index contributed by atoms with van der Waals surface area (Å²) in [4.78, 5) is 8.73. The lowest BCUT2D eigenvalue weighted by Crippen LogP contribution is -2.45. The van der Waals surface area contributed by atoms with Gasteiger partial charge >= 0.3 is 0 Å². The fourth-order valence-electron chi connectivity index (χ4n) is 2.51. The summed E-state index contributed by atoms with van der Waals surface area (Å²) in [5.74, 6) is -1.21. The van der Waals surface area contributed by atoms with Crippen LogP contribution in [0.1, 0.15) is 24.4 Å². The molecule has 1 aromatic carbocycles. The molecule has 0 saturated heterocycles. The summed E-state index contributed by atoms with van der Waals surface area (Å²) in [6.45, 7) is 4.56. The van der Waals surface area contributed by atoms with Crippen molar-refractivity contribution in [2.45, 2.75) is 31.3 Å². The second-order valence-corrected chi connectivity index (χ2v) is 10.6. The van der Waals surface area contributed by atoms with Crippen LogP contribution in [-0.2, 0) is 15.6 Å². The Morgan fingerprint density at radius 1 is 1.36 bits per heavy atom. The first-order chi connectivity index (χ1) is 13.0. The molecule has 4 N–H and O–H groups in total. The van der Waals surface area contributed by atoms with E-state index < -0.39 is 32.0 Å². The molecule has 0 saturated carbocycles. The van der Waals surface area contributed by atoms with Gasteiger partial charge in [-0.05, 0) is 45.0 Å². The normalized spacial score (nSPS) is 12.3. The number of amidine groups is 1. The number of thiazole rings is 1. The number of hydrogen-bond acceptors (Lipinski definition) is 7. The molecule has 0 bridgehead atoms. The van der Waals surface area contributed by atoms with Crippen molar-refractivity contribution in [1.29, 1.82) is 5.41 Å². The molecule has 0 spiro atoms. The van der Waals surface area contributed by atoms with Gasteiger partial charge in [0.15, 0.2) is 15.7 Å². The molecular formula is C18H20FN5O2S2. The fourth-order valence-corrected chi connectivity index (χ4v) is 4.66. The molecule has 3 rings (SSSR count). The maximum absolute atomic E-state index is 14.3. The number of benzene rings is 1. The third-order valence-corrected chi connectivity index (χ3v) is 7.90. The Morgan fingerprint density at radius 3 is 2.75 bits per heavy atom. The molecule has 28 heavy (non-hydrogen) atoms. The number of aryl methyl sites for hydroxylation is 1. The third kappa shape index (κ3) is 3.69. The van der Waals surface area contributed by atoms with Crippen molar-refractivity contribution in [2.75, 3.05) is 5.32 Å². The molecule has 10 heteroatoms. The number of nitrogens with zero attached hydrogens (tertiary/aromatic N) is 2. The standard InChI is InChI=1S/C18H20FN5O2S2/c1-10-23-15-14(27-10)6-7-22-16(15)24-12-4-5-13(19)11(8-12)9-28(25,26)18(2,3)17(20)21/h4-8H,9H2,1-3H3,(H3,20,21)(H,22,24). The number of nitrogens with one attached hydrogen (secondary N) is 2. The third-order valence-electron chi connectivity index (χ3n) is 4.49. The highest BCUT2D eigenvalue weighted by Gasteiger charge is 2.38. The van der Waals surface area contributed by atoms with E-state index in [0.717, 1.165) is 9.71 Å². The van der Waals surface area contributed by atoms with Crippen LogP contribution in [0, 0.1) is 18.2 Å². The molecule has 0 aliphatic heterocycles. The van der Waals surface area contributed by atoms with E-state index in [0.29, 0.717) is 17.0 Å². The minimum atomic E-state index is -3.90. The van der Waals surface area contributed by atoms with Crippen molar-refractivity contribution in [3.8, 4) is 0 Å². The van der Waals surface area contributed by atoms with Gasteiger partial charge in [0.1, 0.15) is 21.9 Å². The molecular weight excluding hydrogens is 401 g/mol. The number of sulfone groups is 1. The van der Waals surface area contributed by atoms with E-state index >= 15 is 0 Å². The Bertz CT molecular complexity index is 1170. The Balaban J connectivity index is 1.95. The van der Waals surface area contributed by atoms with Crippen molar-refractivity contribution in [2.24, 2.45) is 5.73 Å². The van der Waals surface area contributed by atoms with Crippen molar-refractivity contribution in [3.05, 3.63) is 46.9 Å². The SMILES string of the molecule is Cc1nc2c(Nc3ccc(F)c(CS(=O)(=O)C(C)(C)C(=N)N)c3)nccc2s1. The number of fused-ring (bicyclic) bond motifs is 1. The predicted molar refractivity (Wildman–Crippen MR) is 110 cm³/mol. The molecule has 0 unspecified atom stereocenters. The van der Waals surface area contributed by atoms with E-state index in [9.17, 15) is 12.8 Å². The number of rotatable bonds is 6. The second kappa shape index (κ2) is 7.10. The maximum Gasteiger partial charge on any atom is 0.166 e. The van der Waals surface area contributed by atoms with Crippen LogP contribution in [0.5, 0.6) is 0 Å². The first kappa shape index (κ1) is 20.2. The largest absolute Gasteiger partial charge is 0.386 e. The van der Waals surface area contributed by atoms with Crippen LogP contribution < -0.4 is 11.1 Å². The molecule has 0 radical (unpaired) electrons. The molecule has 7 nitrogen and oxygen atoms in total. The molecule has 148 valence electrons. The minimum absolute atomic E-state index is 0.0130. The zero-order chi connectivity index (χ0) is 20.7. The van der Waals surface area contributed by atoms with Gasteiger partial charge in [-0.15, -0.1) is 11.3 Å². The number of aromatic nitrogens is 2. The lowest BCUT2D eigenvalue weighted by atomic mass is 10.2. The van der Waals surface area contributed by atoms with Crippen LogP contribution in [-0.4, -0.2) is 29.0 Å². The van der Waals surface area contributed by atoms with Crippen LogP contribution in [0.3, 0.4) is 0 Å². The Morgan fingerprint density at radius 2 is 2.07 bits per heavy atom. The summed E-state index contributed by atoms with van der Waals surface area (Å²) in [5.41, 5.74) is 6.59. The van der Waals surface area contributed by atoms with Gasteiger partial charge in [-0.2, -0.15) is 0 Å². The molecule has 0 amide bonds. The van der Waals surface area contributed by atoms with Crippen LogP contribution >= 0.6 is 11.3 Å². The Labute approximate surface area is 166 Å². The lowest BCUT2D eigenvalue weighted by molar-refractivity contribution is 0.570. The van der Waals surface area contributed by atoms with Crippen LogP contribution in [0.2, 0.25) is 0 Å². The van der Waals surface area contributed by atoms with Crippen LogP contribution in [0.4, 0.5) is 15.9 Å². The van der Waals surface area contributed by atoms with Gasteiger partial charge in [-0.25, -0.2) is 22.8 Å². The Hall–Kier alpha value is -2.59. The number of nitrogens with two attached hydrogens (primary N) is 1. The summed E-state index contributed by atoms with van der Waals surface area (Å²) >= 11 is 1.53. The molecule has 0 aliphatic rings. The molecule has 2 aromatic heterocycles. The topological polar surface area (TPSA) is 122 Å². The summed E-state index contributed by atoms with van der Waals surface area (Å²) in [7, 11) is -3.90. The number of pyridine rings is 1. The van der Waals surface area contributed by atoms with Gasteiger partial charge in [0, 0.05) is 17.4 Å². The van der Waals surface area contributed by atoms with Crippen molar-refractivity contribution >= 4 is 48.7 Å². The molecule has 0 atom stereocenters. The summed E-state index contributed by atoms with van der Waals surface area (Å²) in [5, 5.41) is 11.5. The van der Waals surface area contributed by atoms with Gasteiger partial charge in [-0.3, -0.25) is 5.41 Å². The summed E-state index contributed by atoms with van der Waals surface area (Å²) in [6, 6.07) is 5.97. The average molecular weight is 422 g/mol. The molecule has 0 fully saturated rings. The highest BCUT2D eigenvalue weighted by Crippen LogP contribution is 2.29.